The highest BCUT2D eigenvalue weighted by Crippen LogP contribution is 2.47. The normalized spacial score (nSPS) is 42.6. The Kier molecular flexibility index (Phi) is 5.55. The Hall–Kier alpha value is -0.600. The molecule has 2 aliphatic rings. The van der Waals surface area contributed by atoms with E-state index in [0.717, 1.165) is 44.9 Å². The summed E-state index contributed by atoms with van der Waals surface area (Å²) in [5.41, 5.74) is 2.36. The Bertz CT molecular complexity index is 449. The number of fused-ring (bicyclic) bond motifs is 2. The molecule has 0 amide bonds. The SMILES string of the molecule is C/C1=C/CC/C(C)=C/C[C@@]2(C(C)C)CC[C@](C)(O2)[C@H](O)CC1. The van der Waals surface area contributed by atoms with Crippen molar-refractivity contribution < 1.29 is 9.84 Å². The van der Waals surface area contributed by atoms with E-state index in [1.54, 1.807) is 0 Å². The summed E-state index contributed by atoms with van der Waals surface area (Å²) < 4.78 is 6.59. The van der Waals surface area contributed by atoms with Gasteiger partial charge in [0, 0.05) is 0 Å². The van der Waals surface area contributed by atoms with Crippen LogP contribution in [0.15, 0.2) is 23.3 Å². The van der Waals surface area contributed by atoms with E-state index in [-0.39, 0.29) is 17.3 Å². The number of rotatable bonds is 1. The number of ether oxygens (including phenoxy) is 1. The van der Waals surface area contributed by atoms with Crippen LogP contribution in [0.3, 0.4) is 0 Å². The summed E-state index contributed by atoms with van der Waals surface area (Å²) >= 11 is 0. The smallest absolute Gasteiger partial charge is 0.0921 e. The van der Waals surface area contributed by atoms with Gasteiger partial charge < -0.3 is 9.84 Å². The van der Waals surface area contributed by atoms with Gasteiger partial charge in [-0.2, -0.15) is 0 Å². The van der Waals surface area contributed by atoms with Crippen LogP contribution in [-0.2, 0) is 4.74 Å². The van der Waals surface area contributed by atoms with Crippen LogP contribution >= 0.6 is 0 Å². The zero-order valence-corrected chi connectivity index (χ0v) is 15.1. The van der Waals surface area contributed by atoms with E-state index in [1.165, 1.54) is 11.1 Å². The van der Waals surface area contributed by atoms with Crippen LogP contribution in [0.2, 0.25) is 0 Å². The van der Waals surface area contributed by atoms with E-state index in [0.29, 0.717) is 5.92 Å². The minimum atomic E-state index is -0.389. The highest BCUT2D eigenvalue weighted by molar-refractivity contribution is 5.10. The maximum atomic E-state index is 10.7. The third-order valence-corrected chi connectivity index (χ3v) is 5.88. The molecule has 3 atom stereocenters. The Morgan fingerprint density at radius 3 is 2.50 bits per heavy atom. The van der Waals surface area contributed by atoms with Crippen LogP contribution in [0.25, 0.3) is 0 Å². The molecule has 0 aromatic rings. The molecule has 1 saturated heterocycles. The van der Waals surface area contributed by atoms with E-state index < -0.39 is 0 Å². The molecule has 1 fully saturated rings. The van der Waals surface area contributed by atoms with Gasteiger partial charge in [0.15, 0.2) is 0 Å². The predicted molar refractivity (Wildman–Crippen MR) is 92.9 cm³/mol. The summed E-state index contributed by atoms with van der Waals surface area (Å²) in [7, 11) is 0. The Morgan fingerprint density at radius 2 is 1.82 bits per heavy atom. The summed E-state index contributed by atoms with van der Waals surface area (Å²) in [5.74, 6) is 0.468. The lowest BCUT2D eigenvalue weighted by Gasteiger charge is -2.38. The first kappa shape index (κ1) is 17.7. The molecule has 2 heteroatoms. The number of aliphatic hydroxyl groups excluding tert-OH is 1. The minimum Gasteiger partial charge on any atom is -0.390 e. The molecular formula is C20H34O2. The molecule has 2 nitrogen and oxygen atoms in total. The first-order valence-corrected chi connectivity index (χ1v) is 8.97. The second kappa shape index (κ2) is 6.88. The number of hydrogen-bond acceptors (Lipinski definition) is 2. The molecule has 1 N–H and O–H groups in total. The second-order valence-electron chi connectivity index (χ2n) is 8.03. The standard InChI is InChI=1S/C20H34O2/c1-15(2)20-12-11-17(4)8-6-7-16(3)9-10-18(21)19(5,22-20)13-14-20/h7,11,15,18,21H,6,8-10,12-14H2,1-5H3/b16-7-,17-11+/t18-,19+,20+/m1/s1. The van der Waals surface area contributed by atoms with Gasteiger partial charge in [-0.15, -0.1) is 0 Å². The van der Waals surface area contributed by atoms with Crippen LogP contribution < -0.4 is 0 Å². The van der Waals surface area contributed by atoms with Gasteiger partial charge in [-0.25, -0.2) is 0 Å². The fourth-order valence-corrected chi connectivity index (χ4v) is 3.81. The van der Waals surface area contributed by atoms with Gasteiger partial charge in [0.2, 0.25) is 0 Å². The van der Waals surface area contributed by atoms with Crippen molar-refractivity contribution in [2.45, 2.75) is 96.9 Å². The fourth-order valence-electron chi connectivity index (χ4n) is 3.81. The molecule has 22 heavy (non-hydrogen) atoms. The third kappa shape index (κ3) is 3.83. The molecule has 0 aliphatic carbocycles. The Morgan fingerprint density at radius 1 is 1.14 bits per heavy atom. The van der Waals surface area contributed by atoms with Gasteiger partial charge in [-0.05, 0) is 71.6 Å². The summed E-state index contributed by atoms with van der Waals surface area (Å²) in [5, 5.41) is 10.7. The van der Waals surface area contributed by atoms with Gasteiger partial charge in [0.1, 0.15) is 0 Å². The minimum absolute atomic E-state index is 0.104. The maximum absolute atomic E-state index is 10.7. The Labute approximate surface area is 136 Å². The van der Waals surface area contributed by atoms with E-state index in [2.05, 4.69) is 46.8 Å². The van der Waals surface area contributed by atoms with Gasteiger partial charge in [0.05, 0.1) is 17.3 Å². The van der Waals surface area contributed by atoms with Crippen molar-refractivity contribution in [1.29, 1.82) is 0 Å². The lowest BCUT2D eigenvalue weighted by Crippen LogP contribution is -2.44. The molecule has 0 aromatic carbocycles. The van der Waals surface area contributed by atoms with Crippen molar-refractivity contribution in [3.63, 3.8) is 0 Å². The molecule has 2 rings (SSSR count). The van der Waals surface area contributed by atoms with Crippen molar-refractivity contribution in [3.8, 4) is 0 Å². The monoisotopic (exact) mass is 306 g/mol. The zero-order valence-electron chi connectivity index (χ0n) is 15.1. The molecule has 0 saturated carbocycles. The van der Waals surface area contributed by atoms with Gasteiger partial charge >= 0.3 is 0 Å². The van der Waals surface area contributed by atoms with Crippen molar-refractivity contribution in [2.75, 3.05) is 0 Å². The third-order valence-electron chi connectivity index (χ3n) is 5.88. The largest absolute Gasteiger partial charge is 0.390 e. The van der Waals surface area contributed by atoms with E-state index >= 15 is 0 Å². The van der Waals surface area contributed by atoms with E-state index in [9.17, 15) is 5.11 Å². The molecule has 2 aliphatic heterocycles. The molecule has 126 valence electrons. The van der Waals surface area contributed by atoms with Gasteiger partial charge in [-0.3, -0.25) is 0 Å². The van der Waals surface area contributed by atoms with Gasteiger partial charge in [-0.1, -0.05) is 37.1 Å². The number of hydrogen-bond donors (Lipinski definition) is 1. The van der Waals surface area contributed by atoms with E-state index in [4.69, 9.17) is 4.74 Å². The topological polar surface area (TPSA) is 29.5 Å². The first-order chi connectivity index (χ1) is 10.3. The van der Waals surface area contributed by atoms with E-state index in [1.807, 2.05) is 0 Å². The van der Waals surface area contributed by atoms with Crippen LogP contribution in [-0.4, -0.2) is 22.4 Å². The lowest BCUT2D eigenvalue weighted by molar-refractivity contribution is -0.162. The number of aliphatic hydroxyl groups is 1. The molecule has 2 bridgehead atoms. The molecule has 0 spiro atoms. The quantitative estimate of drug-likeness (QED) is 0.677. The molecule has 0 radical (unpaired) electrons. The highest BCUT2D eigenvalue weighted by Gasteiger charge is 2.50. The highest BCUT2D eigenvalue weighted by atomic mass is 16.5. The summed E-state index contributed by atoms with van der Waals surface area (Å²) in [6.07, 6.45) is 11.3. The molecule has 0 unspecified atom stereocenters. The van der Waals surface area contributed by atoms with Crippen molar-refractivity contribution in [1.82, 2.24) is 0 Å². The van der Waals surface area contributed by atoms with Crippen molar-refractivity contribution in [2.24, 2.45) is 5.92 Å². The van der Waals surface area contributed by atoms with Crippen molar-refractivity contribution >= 4 is 0 Å². The van der Waals surface area contributed by atoms with Gasteiger partial charge in [0.25, 0.3) is 0 Å². The average Bonchev–Trinajstić information content (AvgIpc) is 2.82. The average molecular weight is 306 g/mol. The number of allylic oxidation sites excluding steroid dienone is 3. The molecule has 2 heterocycles. The molecule has 0 aromatic heterocycles. The first-order valence-electron chi connectivity index (χ1n) is 8.97. The van der Waals surface area contributed by atoms with Crippen molar-refractivity contribution in [3.05, 3.63) is 23.3 Å². The fraction of sp³-hybridized carbons (Fsp3) is 0.800. The summed E-state index contributed by atoms with van der Waals surface area (Å²) in [6.45, 7) is 11.0. The summed E-state index contributed by atoms with van der Waals surface area (Å²) in [6, 6.07) is 0. The Balaban J connectivity index is 2.27. The van der Waals surface area contributed by atoms with Crippen LogP contribution in [0.5, 0.6) is 0 Å². The zero-order chi connectivity index (χ0) is 16.4. The summed E-state index contributed by atoms with van der Waals surface area (Å²) in [4.78, 5) is 0. The van der Waals surface area contributed by atoms with Crippen LogP contribution in [0.1, 0.15) is 79.6 Å². The van der Waals surface area contributed by atoms with Crippen LogP contribution in [0, 0.1) is 5.92 Å². The second-order valence-corrected chi connectivity index (χ2v) is 8.03. The van der Waals surface area contributed by atoms with Crippen LogP contribution in [0.4, 0.5) is 0 Å². The maximum Gasteiger partial charge on any atom is 0.0921 e. The predicted octanol–water partition coefficient (Wildman–Crippen LogP) is 5.17. The molecular weight excluding hydrogens is 272 g/mol. The lowest BCUT2D eigenvalue weighted by atomic mass is 9.82.